The van der Waals surface area contributed by atoms with Gasteiger partial charge in [0.2, 0.25) is 0 Å². The Morgan fingerprint density at radius 3 is 3.00 bits per heavy atom. The van der Waals surface area contributed by atoms with Crippen molar-refractivity contribution >= 4 is 5.84 Å². The zero-order valence-electron chi connectivity index (χ0n) is 11.1. The number of fused-ring (bicyclic) bond motifs is 2. The summed E-state index contributed by atoms with van der Waals surface area (Å²) in [5.41, 5.74) is 6.82. The van der Waals surface area contributed by atoms with Gasteiger partial charge < -0.3 is 21.0 Å². The molecule has 2 saturated heterocycles. The maximum Gasteiger partial charge on any atom is 0.170 e. The number of halogens is 1. The number of oxime groups is 1. The zero-order chi connectivity index (χ0) is 14.1. The van der Waals surface area contributed by atoms with Gasteiger partial charge in [-0.3, -0.25) is 0 Å². The summed E-state index contributed by atoms with van der Waals surface area (Å²) in [6.07, 6.45) is 3.93. The highest BCUT2D eigenvalue weighted by atomic mass is 19.1. The number of amidine groups is 1. The van der Waals surface area contributed by atoms with Crippen LogP contribution in [0.1, 0.15) is 30.4 Å². The Morgan fingerprint density at radius 2 is 2.35 bits per heavy atom. The van der Waals surface area contributed by atoms with E-state index >= 15 is 0 Å². The number of rotatable bonds is 4. The molecule has 6 heteroatoms. The standard InChI is InChI=1S/C14H18FN3O2/c15-9-2-1-8(11(5-9)14(16)18-19)7-17-12-6-10-3-4-13(12)20-10/h1-2,5,10,12-13,17,19H,3-4,6-7H2,(H2,16,18). The summed E-state index contributed by atoms with van der Waals surface area (Å²) in [5.74, 6) is -0.482. The second-order valence-electron chi connectivity index (χ2n) is 5.38. The number of benzene rings is 1. The van der Waals surface area contributed by atoms with Crippen molar-refractivity contribution in [3.8, 4) is 0 Å². The Balaban J connectivity index is 1.71. The minimum atomic E-state index is -0.404. The predicted octanol–water partition coefficient (Wildman–Crippen LogP) is 1.33. The number of hydrogen-bond acceptors (Lipinski definition) is 4. The summed E-state index contributed by atoms with van der Waals surface area (Å²) in [6.45, 7) is 0.545. The molecule has 2 fully saturated rings. The lowest BCUT2D eigenvalue weighted by molar-refractivity contribution is 0.0973. The molecule has 1 aromatic carbocycles. The third-order valence-corrected chi connectivity index (χ3v) is 4.12. The van der Waals surface area contributed by atoms with Crippen LogP contribution in [-0.4, -0.2) is 29.3 Å². The Morgan fingerprint density at radius 1 is 1.50 bits per heavy atom. The Labute approximate surface area is 116 Å². The summed E-state index contributed by atoms with van der Waals surface area (Å²) in [6, 6.07) is 4.65. The first-order valence-corrected chi connectivity index (χ1v) is 6.82. The molecule has 4 N–H and O–H groups in total. The molecule has 0 amide bonds. The van der Waals surface area contributed by atoms with Crippen LogP contribution in [0, 0.1) is 5.82 Å². The molecule has 20 heavy (non-hydrogen) atoms. The molecular formula is C14H18FN3O2. The van der Waals surface area contributed by atoms with Crippen LogP contribution in [-0.2, 0) is 11.3 Å². The molecule has 0 spiro atoms. The van der Waals surface area contributed by atoms with Gasteiger partial charge in [0, 0.05) is 18.2 Å². The first-order chi connectivity index (χ1) is 9.67. The van der Waals surface area contributed by atoms with Crippen LogP contribution in [0.15, 0.2) is 23.4 Å². The number of hydrogen-bond donors (Lipinski definition) is 3. The number of nitrogens with two attached hydrogens (primary N) is 1. The van der Waals surface area contributed by atoms with Crippen molar-refractivity contribution in [3.05, 3.63) is 35.1 Å². The molecule has 0 aromatic heterocycles. The molecule has 108 valence electrons. The van der Waals surface area contributed by atoms with E-state index in [9.17, 15) is 4.39 Å². The molecule has 2 bridgehead atoms. The molecule has 0 radical (unpaired) electrons. The Bertz CT molecular complexity index is 535. The fourth-order valence-electron chi connectivity index (χ4n) is 3.09. The molecule has 3 unspecified atom stereocenters. The third kappa shape index (κ3) is 2.48. The van der Waals surface area contributed by atoms with Crippen molar-refractivity contribution in [2.45, 2.75) is 44.1 Å². The lowest BCUT2D eigenvalue weighted by Crippen LogP contribution is -2.37. The smallest absolute Gasteiger partial charge is 0.170 e. The van der Waals surface area contributed by atoms with Gasteiger partial charge in [0.05, 0.1) is 12.2 Å². The van der Waals surface area contributed by atoms with Crippen molar-refractivity contribution in [1.29, 1.82) is 0 Å². The fraction of sp³-hybridized carbons (Fsp3) is 0.500. The van der Waals surface area contributed by atoms with E-state index in [2.05, 4.69) is 10.5 Å². The van der Waals surface area contributed by atoms with Gasteiger partial charge in [-0.25, -0.2) is 4.39 Å². The van der Waals surface area contributed by atoms with Crippen LogP contribution in [0.3, 0.4) is 0 Å². The van der Waals surface area contributed by atoms with Gasteiger partial charge in [-0.2, -0.15) is 0 Å². The van der Waals surface area contributed by atoms with Crippen LogP contribution in [0.5, 0.6) is 0 Å². The minimum absolute atomic E-state index is 0.0782. The lowest BCUT2D eigenvalue weighted by atomic mass is 9.95. The second kappa shape index (κ2) is 5.38. The maximum atomic E-state index is 13.3. The molecule has 0 saturated carbocycles. The summed E-state index contributed by atoms with van der Waals surface area (Å²) < 4.78 is 19.1. The van der Waals surface area contributed by atoms with Gasteiger partial charge in [0.15, 0.2) is 5.84 Å². The molecule has 1 aromatic rings. The Kier molecular flexibility index (Phi) is 3.58. The monoisotopic (exact) mass is 279 g/mol. The van der Waals surface area contributed by atoms with E-state index in [1.54, 1.807) is 6.07 Å². The average Bonchev–Trinajstić information content (AvgIpc) is 3.07. The third-order valence-electron chi connectivity index (χ3n) is 4.12. The highest BCUT2D eigenvalue weighted by Gasteiger charge is 2.40. The number of nitrogens with one attached hydrogen (secondary N) is 1. The molecule has 5 nitrogen and oxygen atoms in total. The van der Waals surface area contributed by atoms with Gasteiger partial charge in [-0.15, -0.1) is 0 Å². The molecule has 3 atom stereocenters. The van der Waals surface area contributed by atoms with E-state index in [0.29, 0.717) is 24.3 Å². The van der Waals surface area contributed by atoms with Crippen molar-refractivity contribution in [3.63, 3.8) is 0 Å². The van der Waals surface area contributed by atoms with Crippen molar-refractivity contribution in [2.75, 3.05) is 0 Å². The van der Waals surface area contributed by atoms with Gasteiger partial charge in [-0.05, 0) is 37.0 Å². The molecule has 2 aliphatic rings. The first kappa shape index (κ1) is 13.3. The van der Waals surface area contributed by atoms with Gasteiger partial charge in [-0.1, -0.05) is 11.2 Å². The predicted molar refractivity (Wildman–Crippen MR) is 72.1 cm³/mol. The molecular weight excluding hydrogens is 261 g/mol. The Hall–Kier alpha value is -1.66. The average molecular weight is 279 g/mol. The first-order valence-electron chi connectivity index (χ1n) is 6.82. The highest BCUT2D eigenvalue weighted by molar-refractivity contribution is 5.98. The van der Waals surface area contributed by atoms with Crippen molar-refractivity contribution in [2.24, 2.45) is 10.9 Å². The summed E-state index contributed by atoms with van der Waals surface area (Å²) in [7, 11) is 0. The SMILES string of the molecule is N/C(=N/O)c1cc(F)ccc1CNC1CC2CCC1O2. The van der Waals surface area contributed by atoms with E-state index in [4.69, 9.17) is 15.7 Å². The van der Waals surface area contributed by atoms with Crippen LogP contribution in [0.2, 0.25) is 0 Å². The fourth-order valence-corrected chi connectivity index (χ4v) is 3.09. The number of ether oxygens (including phenoxy) is 1. The van der Waals surface area contributed by atoms with E-state index in [0.717, 1.165) is 24.8 Å². The van der Waals surface area contributed by atoms with E-state index in [1.807, 2.05) is 0 Å². The molecule has 0 aliphatic carbocycles. The topological polar surface area (TPSA) is 79.9 Å². The quantitative estimate of drug-likeness (QED) is 0.336. The van der Waals surface area contributed by atoms with Crippen LogP contribution in [0.4, 0.5) is 4.39 Å². The maximum absolute atomic E-state index is 13.3. The zero-order valence-corrected chi connectivity index (χ0v) is 11.1. The summed E-state index contributed by atoms with van der Waals surface area (Å²) in [4.78, 5) is 0. The minimum Gasteiger partial charge on any atom is -0.409 e. The lowest BCUT2D eigenvalue weighted by Gasteiger charge is -2.20. The van der Waals surface area contributed by atoms with E-state index in [-0.39, 0.29) is 11.9 Å². The summed E-state index contributed by atoms with van der Waals surface area (Å²) >= 11 is 0. The second-order valence-corrected chi connectivity index (χ2v) is 5.38. The molecule has 2 heterocycles. The van der Waals surface area contributed by atoms with Crippen molar-refractivity contribution < 1.29 is 14.3 Å². The van der Waals surface area contributed by atoms with Crippen molar-refractivity contribution in [1.82, 2.24) is 5.32 Å². The normalized spacial score (nSPS) is 29.1. The van der Waals surface area contributed by atoms with Crippen LogP contribution >= 0.6 is 0 Å². The van der Waals surface area contributed by atoms with Gasteiger partial charge in [0.25, 0.3) is 0 Å². The van der Waals surface area contributed by atoms with Crippen LogP contribution < -0.4 is 11.1 Å². The summed E-state index contributed by atoms with van der Waals surface area (Å²) in [5, 5.41) is 15.2. The van der Waals surface area contributed by atoms with E-state index < -0.39 is 5.82 Å². The molecule has 2 aliphatic heterocycles. The van der Waals surface area contributed by atoms with Crippen LogP contribution in [0.25, 0.3) is 0 Å². The molecule has 3 rings (SSSR count). The largest absolute Gasteiger partial charge is 0.409 e. The van der Waals surface area contributed by atoms with Gasteiger partial charge in [0.1, 0.15) is 5.82 Å². The number of nitrogens with zero attached hydrogens (tertiary/aromatic N) is 1. The van der Waals surface area contributed by atoms with Gasteiger partial charge >= 0.3 is 0 Å². The van der Waals surface area contributed by atoms with E-state index in [1.165, 1.54) is 12.1 Å². The highest BCUT2D eigenvalue weighted by Crippen LogP contribution is 2.34.